The molecular formula is C54H34N6. The van der Waals surface area contributed by atoms with E-state index < -0.39 is 0 Å². The molecule has 0 N–H and O–H groups in total. The van der Waals surface area contributed by atoms with Crippen LogP contribution in [0.4, 0.5) is 0 Å². The highest BCUT2D eigenvalue weighted by molar-refractivity contribution is 6.04. The number of hydrogen-bond acceptors (Lipinski definition) is 6. The van der Waals surface area contributed by atoms with Gasteiger partial charge in [0.15, 0.2) is 17.5 Å². The van der Waals surface area contributed by atoms with Gasteiger partial charge in [-0.1, -0.05) is 164 Å². The zero-order valence-corrected chi connectivity index (χ0v) is 32.3. The fraction of sp³-hybridized carbons (Fsp3) is 0. The van der Waals surface area contributed by atoms with E-state index >= 15 is 0 Å². The SMILES string of the molecule is c1ccc(-c2ccc(-c3nc(-c4cccc(-c5ccc6ccc7ccc(-c8cccc(-c9ccccc9)c8)nc7c6n5)c4)nc(-c4cccc5cccnc45)n3)cc2)cc1. The Labute approximate surface area is 346 Å². The fourth-order valence-electron chi connectivity index (χ4n) is 7.88. The van der Waals surface area contributed by atoms with Crippen molar-refractivity contribution in [3.05, 3.63) is 206 Å². The van der Waals surface area contributed by atoms with E-state index in [4.69, 9.17) is 29.9 Å². The van der Waals surface area contributed by atoms with Gasteiger partial charge in [0, 0.05) is 50.2 Å². The summed E-state index contributed by atoms with van der Waals surface area (Å²) in [6, 6.07) is 68.7. The van der Waals surface area contributed by atoms with E-state index in [2.05, 4.69) is 158 Å². The quantitative estimate of drug-likeness (QED) is 0.150. The van der Waals surface area contributed by atoms with Crippen LogP contribution in [0.2, 0.25) is 0 Å². The lowest BCUT2D eigenvalue weighted by Crippen LogP contribution is -2.01. The summed E-state index contributed by atoms with van der Waals surface area (Å²) in [6.45, 7) is 0. The molecule has 280 valence electrons. The monoisotopic (exact) mass is 766 g/mol. The molecule has 0 bridgehead atoms. The number of pyridine rings is 3. The zero-order valence-electron chi connectivity index (χ0n) is 32.3. The van der Waals surface area contributed by atoms with Crippen molar-refractivity contribution in [2.75, 3.05) is 0 Å². The van der Waals surface area contributed by atoms with Gasteiger partial charge in [0.1, 0.15) is 0 Å². The largest absolute Gasteiger partial charge is 0.255 e. The van der Waals surface area contributed by atoms with Gasteiger partial charge in [-0.15, -0.1) is 0 Å². The van der Waals surface area contributed by atoms with E-state index in [9.17, 15) is 0 Å². The highest BCUT2D eigenvalue weighted by atomic mass is 15.0. The van der Waals surface area contributed by atoms with Crippen LogP contribution in [0.5, 0.6) is 0 Å². The first-order chi connectivity index (χ1) is 29.7. The van der Waals surface area contributed by atoms with E-state index in [-0.39, 0.29) is 0 Å². The van der Waals surface area contributed by atoms with E-state index in [1.54, 1.807) is 6.20 Å². The topological polar surface area (TPSA) is 77.3 Å². The maximum Gasteiger partial charge on any atom is 0.166 e. The van der Waals surface area contributed by atoms with Crippen molar-refractivity contribution >= 4 is 32.7 Å². The minimum absolute atomic E-state index is 0.559. The maximum absolute atomic E-state index is 5.28. The Morgan fingerprint density at radius 1 is 0.250 bits per heavy atom. The van der Waals surface area contributed by atoms with Crippen LogP contribution in [-0.2, 0) is 0 Å². The minimum Gasteiger partial charge on any atom is -0.255 e. The predicted octanol–water partition coefficient (Wildman–Crippen LogP) is 13.2. The summed E-state index contributed by atoms with van der Waals surface area (Å²) in [6.07, 6.45) is 1.81. The van der Waals surface area contributed by atoms with Gasteiger partial charge in [-0.3, -0.25) is 4.98 Å². The van der Waals surface area contributed by atoms with Gasteiger partial charge in [0.2, 0.25) is 0 Å². The Hall–Kier alpha value is -8.22. The molecule has 0 saturated carbocycles. The molecule has 4 aromatic heterocycles. The summed E-state index contributed by atoms with van der Waals surface area (Å²) in [4.78, 5) is 30.5. The second-order valence-corrected chi connectivity index (χ2v) is 14.8. The molecule has 7 aromatic carbocycles. The molecule has 11 rings (SSSR count). The summed E-state index contributed by atoms with van der Waals surface area (Å²) < 4.78 is 0. The summed E-state index contributed by atoms with van der Waals surface area (Å²) in [5, 5.41) is 3.08. The summed E-state index contributed by atoms with van der Waals surface area (Å²) in [5.74, 6) is 1.70. The van der Waals surface area contributed by atoms with E-state index in [0.29, 0.717) is 17.5 Å². The number of fused-ring (bicyclic) bond motifs is 4. The summed E-state index contributed by atoms with van der Waals surface area (Å²) >= 11 is 0. The molecule has 0 atom stereocenters. The number of hydrogen-bond donors (Lipinski definition) is 0. The van der Waals surface area contributed by atoms with Crippen LogP contribution in [0.15, 0.2) is 206 Å². The number of para-hydroxylation sites is 1. The lowest BCUT2D eigenvalue weighted by Gasteiger charge is -2.11. The summed E-state index contributed by atoms with van der Waals surface area (Å²) in [7, 11) is 0. The number of rotatable bonds is 7. The Morgan fingerprint density at radius 3 is 1.37 bits per heavy atom. The Balaban J connectivity index is 1.01. The van der Waals surface area contributed by atoms with Crippen LogP contribution < -0.4 is 0 Å². The molecule has 0 aliphatic heterocycles. The molecule has 6 heteroatoms. The molecule has 0 aliphatic rings. The molecule has 0 saturated heterocycles. The molecular weight excluding hydrogens is 733 g/mol. The highest BCUT2D eigenvalue weighted by Crippen LogP contribution is 2.34. The molecule has 0 unspecified atom stereocenters. The zero-order chi connectivity index (χ0) is 39.8. The highest BCUT2D eigenvalue weighted by Gasteiger charge is 2.17. The van der Waals surface area contributed by atoms with Crippen molar-refractivity contribution in [3.63, 3.8) is 0 Å². The van der Waals surface area contributed by atoms with Crippen molar-refractivity contribution in [3.8, 4) is 78.9 Å². The van der Waals surface area contributed by atoms with E-state index in [1.807, 2.05) is 42.5 Å². The smallest absolute Gasteiger partial charge is 0.166 e. The Kier molecular flexibility index (Phi) is 8.71. The van der Waals surface area contributed by atoms with Gasteiger partial charge in [0.25, 0.3) is 0 Å². The van der Waals surface area contributed by atoms with Crippen LogP contribution in [0.1, 0.15) is 0 Å². The van der Waals surface area contributed by atoms with Gasteiger partial charge in [-0.25, -0.2) is 24.9 Å². The second-order valence-electron chi connectivity index (χ2n) is 14.8. The molecule has 4 heterocycles. The van der Waals surface area contributed by atoms with Gasteiger partial charge >= 0.3 is 0 Å². The van der Waals surface area contributed by atoms with Crippen molar-refractivity contribution in [1.29, 1.82) is 0 Å². The van der Waals surface area contributed by atoms with Gasteiger partial charge < -0.3 is 0 Å². The number of benzene rings is 7. The fourth-order valence-corrected chi connectivity index (χ4v) is 7.88. The third kappa shape index (κ3) is 6.62. The van der Waals surface area contributed by atoms with Crippen molar-refractivity contribution in [2.24, 2.45) is 0 Å². The lowest BCUT2D eigenvalue weighted by atomic mass is 10.0. The van der Waals surface area contributed by atoms with Crippen LogP contribution in [0.3, 0.4) is 0 Å². The molecule has 0 fully saturated rings. The third-order valence-electron chi connectivity index (χ3n) is 11.0. The molecule has 0 aliphatic carbocycles. The number of nitrogens with zero attached hydrogens (tertiary/aromatic N) is 6. The average Bonchev–Trinajstić information content (AvgIpc) is 3.34. The van der Waals surface area contributed by atoms with Crippen LogP contribution in [-0.4, -0.2) is 29.9 Å². The van der Waals surface area contributed by atoms with Crippen molar-refractivity contribution in [2.45, 2.75) is 0 Å². The first-order valence-corrected chi connectivity index (χ1v) is 19.9. The first kappa shape index (κ1) is 35.0. The van der Waals surface area contributed by atoms with E-state index in [0.717, 1.165) is 88.6 Å². The van der Waals surface area contributed by atoms with Crippen LogP contribution >= 0.6 is 0 Å². The van der Waals surface area contributed by atoms with Gasteiger partial charge in [0.05, 0.1) is 27.9 Å². The predicted molar refractivity (Wildman–Crippen MR) is 244 cm³/mol. The lowest BCUT2D eigenvalue weighted by molar-refractivity contribution is 1.07. The molecule has 0 radical (unpaired) electrons. The van der Waals surface area contributed by atoms with Gasteiger partial charge in [-0.05, 0) is 58.7 Å². The molecule has 0 spiro atoms. The standard InChI is InChI=1S/C54H34N6/c1-3-11-35(12-4-1)37-22-26-41(27-23-37)52-58-53(60-54(59-52)46-21-9-15-38-20-10-32-55-49(38)46)45-19-8-18-44(34-45)48-31-29-40-25-24-39-28-30-47(56-50(39)51(40)57-48)43-17-7-16-42(33-43)36-13-5-2-6-14-36/h1-34H. The van der Waals surface area contributed by atoms with Crippen LogP contribution in [0.25, 0.3) is 112 Å². The molecule has 6 nitrogen and oxygen atoms in total. The van der Waals surface area contributed by atoms with E-state index in [1.165, 1.54) is 5.56 Å². The average molecular weight is 767 g/mol. The van der Waals surface area contributed by atoms with Gasteiger partial charge in [-0.2, -0.15) is 0 Å². The Bertz CT molecular complexity index is 3360. The minimum atomic E-state index is 0.559. The second kappa shape index (κ2) is 14.9. The molecule has 60 heavy (non-hydrogen) atoms. The Morgan fingerprint density at radius 2 is 0.700 bits per heavy atom. The van der Waals surface area contributed by atoms with Crippen LogP contribution in [0, 0.1) is 0 Å². The summed E-state index contributed by atoms with van der Waals surface area (Å²) in [5.41, 5.74) is 13.5. The van der Waals surface area contributed by atoms with Crippen molar-refractivity contribution in [1.82, 2.24) is 29.9 Å². The number of aromatic nitrogens is 6. The normalized spacial score (nSPS) is 11.3. The molecule has 11 aromatic rings. The first-order valence-electron chi connectivity index (χ1n) is 19.9. The third-order valence-corrected chi connectivity index (χ3v) is 11.0. The van der Waals surface area contributed by atoms with Crippen molar-refractivity contribution < 1.29 is 0 Å². The molecule has 0 amide bonds. The maximum atomic E-state index is 5.28.